The van der Waals surface area contributed by atoms with E-state index in [9.17, 15) is 13.6 Å². The van der Waals surface area contributed by atoms with Crippen LogP contribution in [-0.4, -0.2) is 47.9 Å². The van der Waals surface area contributed by atoms with Crippen molar-refractivity contribution in [2.45, 2.75) is 76.2 Å². The first-order chi connectivity index (χ1) is 17.2. The molecule has 0 bridgehead atoms. The highest BCUT2D eigenvalue weighted by Gasteiger charge is 2.42. The van der Waals surface area contributed by atoms with Crippen molar-refractivity contribution in [1.82, 2.24) is 10.2 Å². The molecule has 1 aliphatic carbocycles. The molecule has 36 heavy (non-hydrogen) atoms. The Hall–Kier alpha value is -3.18. The van der Waals surface area contributed by atoms with Crippen LogP contribution in [0, 0.1) is 23.0 Å². The molecule has 1 aliphatic heterocycles. The Morgan fingerprint density at radius 2 is 1.83 bits per heavy atom. The van der Waals surface area contributed by atoms with E-state index in [-0.39, 0.29) is 29.1 Å². The molecule has 2 aromatic rings. The number of ether oxygens (including phenoxy) is 2. The van der Waals surface area contributed by atoms with Crippen LogP contribution >= 0.6 is 0 Å². The van der Waals surface area contributed by atoms with Gasteiger partial charge in [-0.1, -0.05) is 12.1 Å². The van der Waals surface area contributed by atoms with Gasteiger partial charge in [-0.2, -0.15) is 5.26 Å². The lowest BCUT2D eigenvalue weighted by molar-refractivity contribution is -0.0132. The van der Waals surface area contributed by atoms with Crippen LogP contribution in [-0.2, 0) is 4.74 Å². The molecule has 1 N–H and O–H groups in total. The molecule has 1 saturated heterocycles. The molecule has 0 aromatic heterocycles. The number of hydrogen-bond donors (Lipinski definition) is 1. The molecule has 6 nitrogen and oxygen atoms in total. The molecule has 1 saturated carbocycles. The van der Waals surface area contributed by atoms with Gasteiger partial charge in [0, 0.05) is 24.2 Å². The van der Waals surface area contributed by atoms with Gasteiger partial charge in [-0.25, -0.2) is 13.6 Å². The summed E-state index contributed by atoms with van der Waals surface area (Å²) in [5.74, 6) is -0.736. The lowest BCUT2D eigenvalue weighted by Crippen LogP contribution is -2.57. The highest BCUT2D eigenvalue weighted by Crippen LogP contribution is 2.39. The van der Waals surface area contributed by atoms with Crippen molar-refractivity contribution in [2.24, 2.45) is 0 Å². The van der Waals surface area contributed by atoms with Crippen molar-refractivity contribution >= 4 is 6.09 Å². The van der Waals surface area contributed by atoms with E-state index in [2.05, 4.69) is 5.32 Å². The Morgan fingerprint density at radius 3 is 2.44 bits per heavy atom. The predicted molar refractivity (Wildman–Crippen MR) is 132 cm³/mol. The largest absolute Gasteiger partial charge is 0.486 e. The monoisotopic (exact) mass is 497 g/mol. The van der Waals surface area contributed by atoms with E-state index in [4.69, 9.17) is 14.7 Å². The van der Waals surface area contributed by atoms with Gasteiger partial charge in [0.15, 0.2) is 0 Å². The number of piperidine rings is 1. The number of nitrogens with one attached hydrogen (secondary N) is 1. The molecule has 2 aliphatic rings. The van der Waals surface area contributed by atoms with Crippen molar-refractivity contribution in [3.8, 4) is 11.8 Å². The molecule has 192 valence electrons. The molecule has 1 amide bonds. The normalized spacial score (nSPS) is 24.1. The first-order valence-electron chi connectivity index (χ1n) is 12.5. The summed E-state index contributed by atoms with van der Waals surface area (Å²) in [7, 11) is 0. The minimum absolute atomic E-state index is 0.0175. The zero-order valence-corrected chi connectivity index (χ0v) is 21.0. The quantitative estimate of drug-likeness (QED) is 0.589. The molecular formula is C28H33F2N3O3. The van der Waals surface area contributed by atoms with Gasteiger partial charge in [0.05, 0.1) is 5.56 Å². The number of amides is 1. The number of hydrogen-bond acceptors (Lipinski definition) is 5. The van der Waals surface area contributed by atoms with Gasteiger partial charge in [-0.3, -0.25) is 4.90 Å². The van der Waals surface area contributed by atoms with Crippen molar-refractivity contribution in [3.63, 3.8) is 0 Å². The van der Waals surface area contributed by atoms with E-state index in [1.807, 2.05) is 25.7 Å². The van der Waals surface area contributed by atoms with E-state index in [0.717, 1.165) is 24.9 Å². The molecule has 4 rings (SSSR count). The third kappa shape index (κ3) is 5.96. The van der Waals surface area contributed by atoms with E-state index >= 15 is 0 Å². The summed E-state index contributed by atoms with van der Waals surface area (Å²) in [6.45, 7) is 7.62. The number of benzene rings is 2. The van der Waals surface area contributed by atoms with Crippen molar-refractivity contribution in [3.05, 3.63) is 65.2 Å². The zero-order chi connectivity index (χ0) is 25.9. The second-order valence-electron chi connectivity index (χ2n) is 10.6. The second kappa shape index (κ2) is 10.8. The minimum Gasteiger partial charge on any atom is -0.486 e. The number of halogens is 2. The maximum absolute atomic E-state index is 14.2. The summed E-state index contributed by atoms with van der Waals surface area (Å²) < 4.78 is 39.9. The highest BCUT2D eigenvalue weighted by atomic mass is 19.1. The lowest BCUT2D eigenvalue weighted by atomic mass is 9.97. The maximum atomic E-state index is 14.2. The molecule has 0 radical (unpaired) electrons. The summed E-state index contributed by atoms with van der Waals surface area (Å²) in [5.41, 5.74) is 0.420. The first kappa shape index (κ1) is 25.9. The van der Waals surface area contributed by atoms with Crippen LogP contribution in [0.3, 0.4) is 0 Å². The van der Waals surface area contributed by atoms with E-state index < -0.39 is 29.7 Å². The maximum Gasteiger partial charge on any atom is 0.410 e. The predicted octanol–water partition coefficient (Wildman–Crippen LogP) is 5.52. The molecule has 2 fully saturated rings. The van der Waals surface area contributed by atoms with Crippen LogP contribution in [0.1, 0.15) is 63.5 Å². The Morgan fingerprint density at radius 1 is 1.11 bits per heavy atom. The fraction of sp³-hybridized carbons (Fsp3) is 0.500. The standard InChI is InChI=1S/C28H33F2N3O3/c1-28(2,3)33(22-5-4-12-32-17-22)27(34)36-26-14-20(18-6-9-21(29)10-7-18)13-25(26)35-23-11-8-19(16-31)24(30)15-23/h6-11,15,20,22,25-26,32H,4-5,12-14,17H2,1-3H3/t20?,22?,25?,26-/m1/s1. The van der Waals surface area contributed by atoms with Crippen molar-refractivity contribution < 1.29 is 23.0 Å². The van der Waals surface area contributed by atoms with Gasteiger partial charge in [-0.15, -0.1) is 0 Å². The second-order valence-corrected chi connectivity index (χ2v) is 10.6. The molecular weight excluding hydrogens is 464 g/mol. The van der Waals surface area contributed by atoms with E-state index in [0.29, 0.717) is 19.4 Å². The third-order valence-corrected chi connectivity index (χ3v) is 6.95. The number of carbonyl (C=O) groups excluding carboxylic acids is 1. The van der Waals surface area contributed by atoms with Gasteiger partial charge in [0.1, 0.15) is 35.7 Å². The van der Waals surface area contributed by atoms with Crippen molar-refractivity contribution in [1.29, 1.82) is 5.26 Å². The third-order valence-electron chi connectivity index (χ3n) is 6.95. The van der Waals surface area contributed by atoms with Crippen LogP contribution in [0.4, 0.5) is 13.6 Å². The fourth-order valence-electron chi connectivity index (χ4n) is 5.26. The number of nitriles is 1. The number of rotatable bonds is 5. The Bertz CT molecular complexity index is 1100. The van der Waals surface area contributed by atoms with Crippen LogP contribution in [0.25, 0.3) is 0 Å². The summed E-state index contributed by atoms with van der Waals surface area (Å²) >= 11 is 0. The highest BCUT2D eigenvalue weighted by molar-refractivity contribution is 5.69. The summed E-state index contributed by atoms with van der Waals surface area (Å²) in [6, 6.07) is 12.2. The average molecular weight is 498 g/mol. The lowest BCUT2D eigenvalue weighted by Gasteiger charge is -2.43. The smallest absolute Gasteiger partial charge is 0.410 e. The van der Waals surface area contributed by atoms with Gasteiger partial charge >= 0.3 is 6.09 Å². The molecule has 0 spiro atoms. The van der Waals surface area contributed by atoms with Crippen LogP contribution in [0.15, 0.2) is 42.5 Å². The van der Waals surface area contributed by atoms with Gasteiger partial charge in [-0.05, 0) is 88.7 Å². The van der Waals surface area contributed by atoms with Crippen LogP contribution in [0.5, 0.6) is 5.75 Å². The van der Waals surface area contributed by atoms with Crippen LogP contribution < -0.4 is 10.1 Å². The van der Waals surface area contributed by atoms with E-state index in [1.54, 1.807) is 24.3 Å². The van der Waals surface area contributed by atoms with Gasteiger partial charge in [0.2, 0.25) is 0 Å². The summed E-state index contributed by atoms with van der Waals surface area (Å²) in [6.07, 6.45) is 1.40. The summed E-state index contributed by atoms with van der Waals surface area (Å²) in [5, 5.41) is 12.4. The minimum atomic E-state index is -0.666. The first-order valence-corrected chi connectivity index (χ1v) is 12.5. The molecule has 3 unspecified atom stereocenters. The average Bonchev–Trinajstić information content (AvgIpc) is 3.21. The molecule has 8 heteroatoms. The Balaban J connectivity index is 1.56. The zero-order valence-electron chi connectivity index (χ0n) is 21.0. The molecule has 4 atom stereocenters. The number of carbonyl (C=O) groups is 1. The SMILES string of the molecule is CC(C)(C)N(C(=O)O[C@@H]1CC(c2ccc(F)cc2)CC1Oc1ccc(C#N)c(F)c1)C1CCCNC1. The topological polar surface area (TPSA) is 74.6 Å². The molecule has 2 aromatic carbocycles. The van der Waals surface area contributed by atoms with Crippen molar-refractivity contribution in [2.75, 3.05) is 13.1 Å². The Labute approximate surface area is 211 Å². The van der Waals surface area contributed by atoms with Gasteiger partial charge in [0.25, 0.3) is 0 Å². The molecule has 1 heterocycles. The fourth-order valence-corrected chi connectivity index (χ4v) is 5.26. The number of nitrogens with zero attached hydrogens (tertiary/aromatic N) is 2. The Kier molecular flexibility index (Phi) is 7.79. The van der Waals surface area contributed by atoms with E-state index in [1.165, 1.54) is 24.3 Å². The van der Waals surface area contributed by atoms with Crippen LogP contribution in [0.2, 0.25) is 0 Å². The van der Waals surface area contributed by atoms with Gasteiger partial charge < -0.3 is 14.8 Å². The summed E-state index contributed by atoms with van der Waals surface area (Å²) in [4.78, 5) is 15.4.